The van der Waals surface area contributed by atoms with Crippen LogP contribution in [0.1, 0.15) is 29.8 Å². The molecule has 1 aromatic rings. The molecular weight excluding hydrogens is 280 g/mol. The number of ether oxygens (including phenoxy) is 1. The van der Waals surface area contributed by atoms with Crippen LogP contribution in [0.2, 0.25) is 0 Å². The molecule has 6 heteroatoms. The molecule has 0 aliphatic rings. The van der Waals surface area contributed by atoms with Crippen molar-refractivity contribution in [2.24, 2.45) is 5.92 Å². The molecule has 1 aromatic carbocycles. The number of aliphatic hydroxyl groups excluding tert-OH is 1. The largest absolute Gasteiger partial charge is 0.389 e. The first kappa shape index (κ1) is 17.5. The Kier molecular flexibility index (Phi) is 6.71. The summed E-state index contributed by atoms with van der Waals surface area (Å²) >= 11 is 0. The van der Waals surface area contributed by atoms with Gasteiger partial charge in [-0.1, -0.05) is 13.8 Å². The number of aryl methyl sites for hydroxylation is 1. The highest BCUT2D eigenvalue weighted by atomic mass is 19.1. The number of carbonyl (C=O) groups excluding carboxylic acids is 1. The van der Waals surface area contributed by atoms with Crippen LogP contribution in [0, 0.1) is 24.5 Å². The van der Waals surface area contributed by atoms with Crippen LogP contribution in [0.3, 0.4) is 0 Å². The van der Waals surface area contributed by atoms with Gasteiger partial charge in [-0.2, -0.15) is 0 Å². The van der Waals surface area contributed by atoms with E-state index in [-0.39, 0.29) is 24.3 Å². The monoisotopic (exact) mass is 301 g/mol. The van der Waals surface area contributed by atoms with E-state index in [1.54, 1.807) is 0 Å². The van der Waals surface area contributed by atoms with E-state index in [1.165, 1.54) is 6.92 Å². The zero-order valence-corrected chi connectivity index (χ0v) is 12.5. The quantitative estimate of drug-likeness (QED) is 0.810. The van der Waals surface area contributed by atoms with Crippen molar-refractivity contribution >= 4 is 5.91 Å². The molecule has 0 fully saturated rings. The predicted molar refractivity (Wildman–Crippen MR) is 75.1 cm³/mol. The maximum Gasteiger partial charge on any atom is 0.254 e. The van der Waals surface area contributed by atoms with Crippen molar-refractivity contribution in [1.82, 2.24) is 5.32 Å². The standard InChI is InChI=1S/C15H21F2NO3/c1-9(2)7-21-8-11(19)6-18-15(20)12-5-13(16)10(3)4-14(12)17/h4-5,9,11,19H,6-8H2,1-3H3,(H,18,20). The van der Waals surface area contributed by atoms with Gasteiger partial charge in [-0.3, -0.25) is 4.79 Å². The molecule has 2 N–H and O–H groups in total. The Balaban J connectivity index is 2.49. The fourth-order valence-corrected chi connectivity index (χ4v) is 1.62. The van der Waals surface area contributed by atoms with Crippen LogP contribution in [-0.2, 0) is 4.74 Å². The lowest BCUT2D eigenvalue weighted by molar-refractivity contribution is 0.0259. The van der Waals surface area contributed by atoms with Crippen molar-refractivity contribution < 1.29 is 23.4 Å². The van der Waals surface area contributed by atoms with E-state index in [4.69, 9.17) is 4.74 Å². The molecule has 0 saturated carbocycles. The third-order valence-corrected chi connectivity index (χ3v) is 2.75. The fourth-order valence-electron chi connectivity index (χ4n) is 1.62. The normalized spacial score (nSPS) is 12.5. The van der Waals surface area contributed by atoms with Gasteiger partial charge in [0.2, 0.25) is 0 Å². The summed E-state index contributed by atoms with van der Waals surface area (Å²) in [4.78, 5) is 11.7. The van der Waals surface area contributed by atoms with Gasteiger partial charge in [0.15, 0.2) is 0 Å². The Hall–Kier alpha value is -1.53. The molecule has 0 aromatic heterocycles. The Bertz CT molecular complexity index is 492. The second kappa shape index (κ2) is 8.05. The molecule has 118 valence electrons. The van der Waals surface area contributed by atoms with E-state index < -0.39 is 23.6 Å². The third-order valence-electron chi connectivity index (χ3n) is 2.75. The van der Waals surface area contributed by atoms with E-state index in [9.17, 15) is 18.7 Å². The molecule has 1 unspecified atom stereocenters. The maximum absolute atomic E-state index is 13.6. The van der Waals surface area contributed by atoms with Crippen LogP contribution in [0.25, 0.3) is 0 Å². The third kappa shape index (κ3) is 5.77. The number of rotatable bonds is 7. The summed E-state index contributed by atoms with van der Waals surface area (Å²) in [6.07, 6.45) is -0.897. The lowest BCUT2D eigenvalue weighted by Crippen LogP contribution is -2.35. The molecule has 0 aliphatic heterocycles. The predicted octanol–water partition coefficient (Wildman–Crippen LogP) is 2.04. The Morgan fingerprint density at radius 2 is 1.95 bits per heavy atom. The van der Waals surface area contributed by atoms with E-state index in [2.05, 4.69) is 5.32 Å². The van der Waals surface area contributed by atoms with Gasteiger partial charge >= 0.3 is 0 Å². The Morgan fingerprint density at radius 1 is 1.29 bits per heavy atom. The summed E-state index contributed by atoms with van der Waals surface area (Å²) in [5.74, 6) is -1.87. The molecule has 0 saturated heterocycles. The summed E-state index contributed by atoms with van der Waals surface area (Å²) in [5.41, 5.74) is -0.250. The molecular formula is C15H21F2NO3. The van der Waals surface area contributed by atoms with E-state index in [1.807, 2.05) is 13.8 Å². The topological polar surface area (TPSA) is 58.6 Å². The zero-order chi connectivity index (χ0) is 16.0. The number of aliphatic hydroxyl groups is 1. The molecule has 1 amide bonds. The van der Waals surface area contributed by atoms with Crippen LogP contribution < -0.4 is 5.32 Å². The molecule has 0 aliphatic carbocycles. The van der Waals surface area contributed by atoms with Gasteiger partial charge in [-0.05, 0) is 30.5 Å². The number of carbonyl (C=O) groups is 1. The lowest BCUT2D eigenvalue weighted by atomic mass is 10.1. The number of halogens is 2. The zero-order valence-electron chi connectivity index (χ0n) is 12.5. The minimum atomic E-state index is -0.897. The van der Waals surface area contributed by atoms with Crippen molar-refractivity contribution in [2.45, 2.75) is 26.9 Å². The number of hydrogen-bond donors (Lipinski definition) is 2. The fraction of sp³-hybridized carbons (Fsp3) is 0.533. The summed E-state index contributed by atoms with van der Waals surface area (Å²) in [7, 11) is 0. The van der Waals surface area contributed by atoms with Gasteiger partial charge in [0.05, 0.1) is 18.3 Å². The first-order valence-electron chi connectivity index (χ1n) is 6.81. The van der Waals surface area contributed by atoms with E-state index >= 15 is 0 Å². The highest BCUT2D eigenvalue weighted by Gasteiger charge is 2.15. The van der Waals surface area contributed by atoms with Crippen molar-refractivity contribution in [3.8, 4) is 0 Å². The highest BCUT2D eigenvalue weighted by Crippen LogP contribution is 2.14. The van der Waals surface area contributed by atoms with Gasteiger partial charge < -0.3 is 15.2 Å². The molecule has 0 radical (unpaired) electrons. The number of benzene rings is 1. The molecule has 1 rings (SSSR count). The molecule has 0 bridgehead atoms. The van der Waals surface area contributed by atoms with E-state index in [0.29, 0.717) is 12.5 Å². The SMILES string of the molecule is Cc1cc(F)c(C(=O)NCC(O)COCC(C)C)cc1F. The Morgan fingerprint density at radius 3 is 2.57 bits per heavy atom. The maximum atomic E-state index is 13.6. The summed E-state index contributed by atoms with van der Waals surface area (Å²) in [6, 6.07) is 1.81. The first-order chi connectivity index (χ1) is 9.81. The van der Waals surface area contributed by atoms with Crippen LogP contribution in [0.5, 0.6) is 0 Å². The van der Waals surface area contributed by atoms with E-state index in [0.717, 1.165) is 12.1 Å². The second-order valence-electron chi connectivity index (χ2n) is 5.38. The average molecular weight is 301 g/mol. The van der Waals surface area contributed by atoms with Gasteiger partial charge in [-0.25, -0.2) is 8.78 Å². The first-order valence-corrected chi connectivity index (χ1v) is 6.81. The number of amides is 1. The van der Waals surface area contributed by atoms with Crippen LogP contribution >= 0.6 is 0 Å². The van der Waals surface area contributed by atoms with Crippen molar-refractivity contribution in [3.05, 3.63) is 34.9 Å². The molecule has 0 spiro atoms. The number of hydrogen-bond acceptors (Lipinski definition) is 3. The lowest BCUT2D eigenvalue weighted by Gasteiger charge is -2.14. The van der Waals surface area contributed by atoms with Crippen LogP contribution in [0.4, 0.5) is 8.78 Å². The summed E-state index contributed by atoms with van der Waals surface area (Å²) in [5, 5.41) is 12.0. The van der Waals surface area contributed by atoms with Crippen molar-refractivity contribution in [1.29, 1.82) is 0 Å². The Labute approximate surface area is 123 Å². The van der Waals surface area contributed by atoms with Gasteiger partial charge in [-0.15, -0.1) is 0 Å². The summed E-state index contributed by atoms with van der Waals surface area (Å²) in [6.45, 7) is 5.85. The minimum absolute atomic E-state index is 0.0726. The molecule has 1 atom stereocenters. The van der Waals surface area contributed by atoms with Crippen molar-refractivity contribution in [2.75, 3.05) is 19.8 Å². The van der Waals surface area contributed by atoms with Crippen LogP contribution in [-0.4, -0.2) is 36.9 Å². The molecule has 0 heterocycles. The van der Waals surface area contributed by atoms with Gasteiger partial charge in [0.25, 0.3) is 5.91 Å². The minimum Gasteiger partial charge on any atom is -0.389 e. The highest BCUT2D eigenvalue weighted by molar-refractivity contribution is 5.94. The van der Waals surface area contributed by atoms with Crippen molar-refractivity contribution in [3.63, 3.8) is 0 Å². The summed E-state index contributed by atoms with van der Waals surface area (Å²) < 4.78 is 32.1. The smallest absolute Gasteiger partial charge is 0.254 e. The molecule has 21 heavy (non-hydrogen) atoms. The average Bonchev–Trinajstić information content (AvgIpc) is 2.39. The van der Waals surface area contributed by atoms with Crippen LogP contribution in [0.15, 0.2) is 12.1 Å². The number of nitrogens with one attached hydrogen (secondary N) is 1. The second-order valence-corrected chi connectivity index (χ2v) is 5.38. The van der Waals surface area contributed by atoms with Gasteiger partial charge in [0, 0.05) is 13.2 Å². The molecule has 4 nitrogen and oxygen atoms in total. The van der Waals surface area contributed by atoms with Gasteiger partial charge in [0.1, 0.15) is 11.6 Å².